The highest BCUT2D eigenvalue weighted by Gasteiger charge is 2.10. The van der Waals surface area contributed by atoms with E-state index in [0.29, 0.717) is 12.2 Å². The highest BCUT2D eigenvalue weighted by atomic mass is 16.5. The Morgan fingerprint density at radius 1 is 1.44 bits per heavy atom. The predicted octanol–water partition coefficient (Wildman–Crippen LogP) is 0.839. The summed E-state index contributed by atoms with van der Waals surface area (Å²) in [7, 11) is 1.60. The van der Waals surface area contributed by atoms with E-state index in [2.05, 4.69) is 0 Å². The fourth-order valence-electron chi connectivity index (χ4n) is 1.56. The minimum atomic E-state index is -0.503. The molecule has 0 saturated heterocycles. The van der Waals surface area contributed by atoms with Crippen LogP contribution in [-0.4, -0.2) is 25.7 Å². The van der Waals surface area contributed by atoms with Gasteiger partial charge in [0.15, 0.2) is 6.61 Å². The average molecular weight is 252 g/mol. The van der Waals surface area contributed by atoms with Crippen molar-refractivity contribution >= 4 is 5.91 Å². The lowest BCUT2D eigenvalue weighted by molar-refractivity contribution is -0.119. The number of hydrogen-bond acceptors (Lipinski definition) is 4. The van der Waals surface area contributed by atoms with Crippen LogP contribution in [0.15, 0.2) is 18.2 Å². The lowest BCUT2D eigenvalue weighted by Gasteiger charge is -2.15. The Hall–Kier alpha value is -1.75. The van der Waals surface area contributed by atoms with Crippen molar-refractivity contribution < 1.29 is 14.3 Å². The average Bonchev–Trinajstić information content (AvgIpc) is 2.36. The van der Waals surface area contributed by atoms with Gasteiger partial charge in [-0.15, -0.1) is 0 Å². The van der Waals surface area contributed by atoms with E-state index in [-0.39, 0.29) is 12.6 Å². The van der Waals surface area contributed by atoms with Gasteiger partial charge in [0, 0.05) is 6.04 Å². The number of nitrogens with two attached hydrogens (primary N) is 2. The summed E-state index contributed by atoms with van der Waals surface area (Å²) in [4.78, 5) is 10.7. The molecule has 1 amide bonds. The van der Waals surface area contributed by atoms with E-state index >= 15 is 0 Å². The standard InChI is InChI=1S/C13H20N2O3/c1-3-10(14)6-9-7-11(17-2)4-5-12(9)18-8-13(15)16/h4-5,7,10H,3,6,8,14H2,1-2H3,(H2,15,16). The molecule has 0 bridgehead atoms. The Morgan fingerprint density at radius 2 is 2.17 bits per heavy atom. The normalized spacial score (nSPS) is 11.9. The Kier molecular flexibility index (Phi) is 5.45. The lowest BCUT2D eigenvalue weighted by Crippen LogP contribution is -2.23. The van der Waals surface area contributed by atoms with Gasteiger partial charge in [-0.2, -0.15) is 0 Å². The maximum Gasteiger partial charge on any atom is 0.255 e. The van der Waals surface area contributed by atoms with Crippen LogP contribution in [0.1, 0.15) is 18.9 Å². The first-order valence-electron chi connectivity index (χ1n) is 5.90. The summed E-state index contributed by atoms with van der Waals surface area (Å²) in [5.41, 5.74) is 11.9. The van der Waals surface area contributed by atoms with E-state index in [1.54, 1.807) is 19.2 Å². The molecule has 0 aliphatic heterocycles. The molecule has 1 aromatic rings. The molecular weight excluding hydrogens is 232 g/mol. The van der Waals surface area contributed by atoms with Gasteiger partial charge in [0.05, 0.1) is 7.11 Å². The fourth-order valence-corrected chi connectivity index (χ4v) is 1.56. The Balaban J connectivity index is 2.89. The quantitative estimate of drug-likeness (QED) is 0.752. The van der Waals surface area contributed by atoms with E-state index in [9.17, 15) is 4.79 Å². The summed E-state index contributed by atoms with van der Waals surface area (Å²) >= 11 is 0. The smallest absolute Gasteiger partial charge is 0.255 e. The number of rotatable bonds is 7. The largest absolute Gasteiger partial charge is 0.497 e. The first-order valence-corrected chi connectivity index (χ1v) is 5.90. The number of carbonyl (C=O) groups excluding carboxylic acids is 1. The third-order valence-corrected chi connectivity index (χ3v) is 2.64. The van der Waals surface area contributed by atoms with Crippen LogP contribution in [0.25, 0.3) is 0 Å². The van der Waals surface area contributed by atoms with Crippen LogP contribution in [-0.2, 0) is 11.2 Å². The number of amides is 1. The summed E-state index contributed by atoms with van der Waals surface area (Å²) in [6, 6.07) is 5.45. The molecule has 0 fully saturated rings. The van der Waals surface area contributed by atoms with E-state index in [1.807, 2.05) is 13.0 Å². The summed E-state index contributed by atoms with van der Waals surface area (Å²) in [5, 5.41) is 0. The molecular formula is C13H20N2O3. The molecule has 0 radical (unpaired) electrons. The van der Waals surface area contributed by atoms with Gasteiger partial charge in [0.25, 0.3) is 5.91 Å². The number of hydrogen-bond donors (Lipinski definition) is 2. The van der Waals surface area contributed by atoms with Gasteiger partial charge < -0.3 is 20.9 Å². The lowest BCUT2D eigenvalue weighted by atomic mass is 10.0. The second-order valence-electron chi connectivity index (χ2n) is 4.10. The minimum absolute atomic E-state index is 0.0491. The van der Waals surface area contributed by atoms with E-state index < -0.39 is 5.91 Å². The van der Waals surface area contributed by atoms with Crippen molar-refractivity contribution in [2.45, 2.75) is 25.8 Å². The molecule has 18 heavy (non-hydrogen) atoms. The minimum Gasteiger partial charge on any atom is -0.497 e. The predicted molar refractivity (Wildman–Crippen MR) is 69.7 cm³/mol. The highest BCUT2D eigenvalue weighted by Crippen LogP contribution is 2.25. The molecule has 0 heterocycles. The number of primary amides is 1. The van der Waals surface area contributed by atoms with Crippen LogP contribution >= 0.6 is 0 Å². The van der Waals surface area contributed by atoms with Crippen LogP contribution in [0.3, 0.4) is 0 Å². The van der Waals surface area contributed by atoms with Crippen LogP contribution in [0, 0.1) is 0 Å². The van der Waals surface area contributed by atoms with Crippen molar-refractivity contribution in [3.63, 3.8) is 0 Å². The molecule has 0 aromatic heterocycles. The molecule has 0 aliphatic carbocycles. The first kappa shape index (κ1) is 14.3. The third-order valence-electron chi connectivity index (χ3n) is 2.64. The van der Waals surface area contributed by atoms with Crippen molar-refractivity contribution in [1.82, 2.24) is 0 Å². The van der Waals surface area contributed by atoms with Gasteiger partial charge >= 0.3 is 0 Å². The zero-order valence-electron chi connectivity index (χ0n) is 10.8. The molecule has 4 N–H and O–H groups in total. The topological polar surface area (TPSA) is 87.6 Å². The zero-order valence-corrected chi connectivity index (χ0v) is 10.8. The van der Waals surface area contributed by atoms with Crippen molar-refractivity contribution in [2.24, 2.45) is 11.5 Å². The van der Waals surface area contributed by atoms with Crippen molar-refractivity contribution in [1.29, 1.82) is 0 Å². The summed E-state index contributed by atoms with van der Waals surface area (Å²) in [6.45, 7) is 1.88. The number of benzene rings is 1. The van der Waals surface area contributed by atoms with Gasteiger partial charge in [-0.1, -0.05) is 6.92 Å². The molecule has 1 rings (SSSR count). The van der Waals surface area contributed by atoms with Gasteiger partial charge in [-0.05, 0) is 36.6 Å². The van der Waals surface area contributed by atoms with Crippen molar-refractivity contribution in [3.05, 3.63) is 23.8 Å². The summed E-state index contributed by atoms with van der Waals surface area (Å²) in [5.74, 6) is 0.856. The van der Waals surface area contributed by atoms with Crippen LogP contribution < -0.4 is 20.9 Å². The summed E-state index contributed by atoms with van der Waals surface area (Å²) in [6.07, 6.45) is 1.54. The van der Waals surface area contributed by atoms with Gasteiger partial charge in [0.1, 0.15) is 11.5 Å². The van der Waals surface area contributed by atoms with E-state index in [1.165, 1.54) is 0 Å². The maximum absolute atomic E-state index is 10.7. The second kappa shape index (κ2) is 6.86. The molecule has 0 aliphatic rings. The van der Waals surface area contributed by atoms with Crippen LogP contribution in [0.4, 0.5) is 0 Å². The van der Waals surface area contributed by atoms with Crippen molar-refractivity contribution in [2.75, 3.05) is 13.7 Å². The highest BCUT2D eigenvalue weighted by molar-refractivity contribution is 5.75. The molecule has 1 unspecified atom stereocenters. The second-order valence-corrected chi connectivity index (χ2v) is 4.10. The maximum atomic E-state index is 10.7. The first-order chi connectivity index (χ1) is 8.56. The van der Waals surface area contributed by atoms with Crippen LogP contribution in [0.5, 0.6) is 11.5 Å². The Labute approximate surface area is 107 Å². The molecule has 0 spiro atoms. The van der Waals surface area contributed by atoms with Crippen LogP contribution in [0.2, 0.25) is 0 Å². The number of methoxy groups -OCH3 is 1. The van der Waals surface area contributed by atoms with Gasteiger partial charge in [-0.3, -0.25) is 4.79 Å². The monoisotopic (exact) mass is 252 g/mol. The van der Waals surface area contributed by atoms with Gasteiger partial charge in [0.2, 0.25) is 0 Å². The Morgan fingerprint density at radius 3 is 2.72 bits per heavy atom. The van der Waals surface area contributed by atoms with Crippen molar-refractivity contribution in [3.8, 4) is 11.5 Å². The third kappa shape index (κ3) is 4.25. The number of ether oxygens (including phenoxy) is 2. The van der Waals surface area contributed by atoms with E-state index in [4.69, 9.17) is 20.9 Å². The molecule has 1 atom stereocenters. The Bertz CT molecular complexity index is 407. The van der Waals surface area contributed by atoms with Gasteiger partial charge in [-0.25, -0.2) is 0 Å². The summed E-state index contributed by atoms with van der Waals surface area (Å²) < 4.78 is 10.5. The fraction of sp³-hybridized carbons (Fsp3) is 0.462. The SMILES string of the molecule is CCC(N)Cc1cc(OC)ccc1OCC(N)=O. The molecule has 5 nitrogen and oxygen atoms in total. The molecule has 5 heteroatoms. The molecule has 1 aromatic carbocycles. The number of carbonyl (C=O) groups is 1. The zero-order chi connectivity index (χ0) is 13.5. The molecule has 0 saturated carbocycles. The molecule has 100 valence electrons. The van der Waals surface area contributed by atoms with E-state index in [0.717, 1.165) is 17.7 Å².